The third-order valence-electron chi connectivity index (χ3n) is 3.57. The van der Waals surface area contributed by atoms with E-state index in [0.717, 1.165) is 10.0 Å². The van der Waals surface area contributed by atoms with Gasteiger partial charge in [0.25, 0.3) is 0 Å². The SMILES string of the molecule is Cc1nn(CC(=O)N[C@@H](C)c2ccccc2Br)c(C)c1[N+](=O)[O-]. The number of carbonyl (C=O) groups excluding carboxylic acids is 1. The van der Waals surface area contributed by atoms with E-state index in [1.807, 2.05) is 31.2 Å². The van der Waals surface area contributed by atoms with Crippen molar-refractivity contribution < 1.29 is 9.72 Å². The Morgan fingerprint density at radius 1 is 1.43 bits per heavy atom. The van der Waals surface area contributed by atoms with Crippen molar-refractivity contribution in [2.24, 2.45) is 0 Å². The Morgan fingerprint density at radius 3 is 2.65 bits per heavy atom. The molecule has 1 amide bonds. The molecule has 2 rings (SSSR count). The zero-order chi connectivity index (χ0) is 17.1. The highest BCUT2D eigenvalue weighted by atomic mass is 79.9. The largest absolute Gasteiger partial charge is 0.348 e. The van der Waals surface area contributed by atoms with Crippen molar-refractivity contribution in [2.75, 3.05) is 0 Å². The lowest BCUT2D eigenvalue weighted by Crippen LogP contribution is -2.31. The van der Waals surface area contributed by atoms with Crippen LogP contribution in [0.2, 0.25) is 0 Å². The van der Waals surface area contributed by atoms with Gasteiger partial charge in [-0.3, -0.25) is 19.6 Å². The molecular weight excluding hydrogens is 364 g/mol. The molecule has 0 bridgehead atoms. The number of carbonyl (C=O) groups is 1. The number of hydrogen-bond acceptors (Lipinski definition) is 4. The maximum absolute atomic E-state index is 12.2. The highest BCUT2D eigenvalue weighted by molar-refractivity contribution is 9.10. The molecule has 0 radical (unpaired) electrons. The van der Waals surface area contributed by atoms with E-state index >= 15 is 0 Å². The smallest absolute Gasteiger partial charge is 0.312 e. The fraction of sp³-hybridized carbons (Fsp3) is 0.333. The summed E-state index contributed by atoms with van der Waals surface area (Å²) in [6.07, 6.45) is 0. The molecule has 0 saturated carbocycles. The maximum Gasteiger partial charge on any atom is 0.312 e. The molecule has 0 aliphatic carbocycles. The quantitative estimate of drug-likeness (QED) is 0.637. The predicted octanol–water partition coefficient (Wildman–Crippen LogP) is 3.05. The van der Waals surface area contributed by atoms with Gasteiger partial charge in [0.05, 0.1) is 11.0 Å². The number of aryl methyl sites for hydroxylation is 1. The third-order valence-corrected chi connectivity index (χ3v) is 4.29. The number of halogens is 1. The summed E-state index contributed by atoms with van der Waals surface area (Å²) in [4.78, 5) is 22.7. The summed E-state index contributed by atoms with van der Waals surface area (Å²) in [6, 6.07) is 7.43. The van der Waals surface area contributed by atoms with E-state index < -0.39 is 4.92 Å². The van der Waals surface area contributed by atoms with E-state index in [-0.39, 0.29) is 24.2 Å². The zero-order valence-corrected chi connectivity index (χ0v) is 14.6. The summed E-state index contributed by atoms with van der Waals surface area (Å²) in [5, 5.41) is 17.9. The lowest BCUT2D eigenvalue weighted by molar-refractivity contribution is -0.386. The van der Waals surface area contributed by atoms with E-state index in [4.69, 9.17) is 0 Å². The molecule has 1 heterocycles. The van der Waals surface area contributed by atoms with Gasteiger partial charge in [0.15, 0.2) is 0 Å². The van der Waals surface area contributed by atoms with Gasteiger partial charge in [0.1, 0.15) is 17.9 Å². The average Bonchev–Trinajstić information content (AvgIpc) is 2.73. The molecule has 0 aliphatic heterocycles. The van der Waals surface area contributed by atoms with Crippen LogP contribution in [-0.4, -0.2) is 20.6 Å². The van der Waals surface area contributed by atoms with Gasteiger partial charge in [-0.25, -0.2) is 0 Å². The van der Waals surface area contributed by atoms with Crippen LogP contribution in [0.3, 0.4) is 0 Å². The Kier molecular flexibility index (Phi) is 5.15. The van der Waals surface area contributed by atoms with Gasteiger partial charge in [0, 0.05) is 4.47 Å². The van der Waals surface area contributed by atoms with Crippen LogP contribution in [0.5, 0.6) is 0 Å². The van der Waals surface area contributed by atoms with Crippen molar-refractivity contribution in [3.05, 3.63) is 55.8 Å². The van der Waals surface area contributed by atoms with Gasteiger partial charge in [-0.15, -0.1) is 0 Å². The van der Waals surface area contributed by atoms with E-state index in [9.17, 15) is 14.9 Å². The number of nitrogens with one attached hydrogen (secondary N) is 1. The second kappa shape index (κ2) is 6.91. The van der Waals surface area contributed by atoms with Gasteiger partial charge >= 0.3 is 5.69 Å². The van der Waals surface area contributed by atoms with Crippen LogP contribution in [0.25, 0.3) is 0 Å². The Morgan fingerprint density at radius 2 is 2.09 bits per heavy atom. The number of nitrogens with zero attached hydrogens (tertiary/aromatic N) is 3. The molecule has 0 fully saturated rings. The predicted molar refractivity (Wildman–Crippen MR) is 89.1 cm³/mol. The molecule has 1 atom stereocenters. The Labute approximate surface area is 142 Å². The summed E-state index contributed by atoms with van der Waals surface area (Å²) in [5.74, 6) is -0.256. The first kappa shape index (κ1) is 17.1. The maximum atomic E-state index is 12.2. The minimum Gasteiger partial charge on any atom is -0.348 e. The van der Waals surface area contributed by atoms with Crippen LogP contribution < -0.4 is 5.32 Å². The summed E-state index contributed by atoms with van der Waals surface area (Å²) < 4.78 is 2.27. The normalized spacial score (nSPS) is 12.0. The monoisotopic (exact) mass is 380 g/mol. The number of benzene rings is 1. The molecule has 23 heavy (non-hydrogen) atoms. The van der Waals surface area contributed by atoms with Crippen LogP contribution in [-0.2, 0) is 11.3 Å². The van der Waals surface area contributed by atoms with Gasteiger partial charge < -0.3 is 5.32 Å². The summed E-state index contributed by atoms with van der Waals surface area (Å²) >= 11 is 3.45. The third kappa shape index (κ3) is 3.76. The molecular formula is C15H17BrN4O3. The molecule has 0 aliphatic rings. The van der Waals surface area contributed by atoms with Crippen LogP contribution in [0, 0.1) is 24.0 Å². The Bertz CT molecular complexity index is 757. The van der Waals surface area contributed by atoms with Gasteiger partial charge in [0.2, 0.25) is 5.91 Å². The fourth-order valence-electron chi connectivity index (χ4n) is 2.43. The Balaban J connectivity index is 2.10. The van der Waals surface area contributed by atoms with Gasteiger partial charge in [-0.2, -0.15) is 5.10 Å². The van der Waals surface area contributed by atoms with Crippen molar-refractivity contribution in [1.82, 2.24) is 15.1 Å². The molecule has 0 spiro atoms. The first-order chi connectivity index (χ1) is 10.8. The standard InChI is InChI=1S/C15H17BrN4O3/c1-9(12-6-4-5-7-13(12)16)17-14(21)8-19-11(3)15(20(22)23)10(2)18-19/h4-7,9H,8H2,1-3H3,(H,17,21)/t9-/m0/s1. The zero-order valence-electron chi connectivity index (χ0n) is 13.0. The van der Waals surface area contributed by atoms with Crippen molar-refractivity contribution in [2.45, 2.75) is 33.4 Å². The highest BCUT2D eigenvalue weighted by Crippen LogP contribution is 2.23. The summed E-state index contributed by atoms with van der Waals surface area (Å²) in [6.45, 7) is 4.96. The number of aromatic nitrogens is 2. The van der Waals surface area contributed by atoms with Crippen molar-refractivity contribution in [3.8, 4) is 0 Å². The fourth-order valence-corrected chi connectivity index (χ4v) is 3.06. The first-order valence-electron chi connectivity index (χ1n) is 7.03. The second-order valence-corrected chi connectivity index (χ2v) is 6.10. The molecule has 2 aromatic rings. The molecule has 1 N–H and O–H groups in total. The topological polar surface area (TPSA) is 90.1 Å². The van der Waals surface area contributed by atoms with Gasteiger partial charge in [-0.05, 0) is 32.4 Å². The minimum atomic E-state index is -0.476. The molecule has 0 unspecified atom stereocenters. The lowest BCUT2D eigenvalue weighted by Gasteiger charge is -2.16. The van der Waals surface area contributed by atoms with Crippen molar-refractivity contribution in [1.29, 1.82) is 0 Å². The summed E-state index contributed by atoms with van der Waals surface area (Å²) in [5.41, 5.74) is 1.59. The van der Waals surface area contributed by atoms with Gasteiger partial charge in [-0.1, -0.05) is 34.1 Å². The van der Waals surface area contributed by atoms with E-state index in [1.165, 1.54) is 4.68 Å². The highest BCUT2D eigenvalue weighted by Gasteiger charge is 2.23. The van der Waals surface area contributed by atoms with E-state index in [1.54, 1.807) is 13.8 Å². The number of hydrogen-bond donors (Lipinski definition) is 1. The van der Waals surface area contributed by atoms with Crippen LogP contribution in [0.4, 0.5) is 5.69 Å². The van der Waals surface area contributed by atoms with Crippen LogP contribution >= 0.6 is 15.9 Å². The van der Waals surface area contributed by atoms with E-state index in [2.05, 4.69) is 26.3 Å². The molecule has 0 saturated heterocycles. The van der Waals surface area contributed by atoms with Crippen molar-refractivity contribution >= 4 is 27.5 Å². The van der Waals surface area contributed by atoms with E-state index in [0.29, 0.717) is 11.4 Å². The average molecular weight is 381 g/mol. The number of rotatable bonds is 5. The molecule has 7 nitrogen and oxygen atoms in total. The molecule has 1 aromatic heterocycles. The number of nitro groups is 1. The minimum absolute atomic E-state index is 0.0448. The van der Waals surface area contributed by atoms with Crippen molar-refractivity contribution in [3.63, 3.8) is 0 Å². The summed E-state index contributed by atoms with van der Waals surface area (Å²) in [7, 11) is 0. The molecule has 8 heteroatoms. The first-order valence-corrected chi connectivity index (χ1v) is 7.82. The second-order valence-electron chi connectivity index (χ2n) is 5.24. The van der Waals surface area contributed by atoms with Crippen LogP contribution in [0.1, 0.15) is 29.9 Å². The molecule has 1 aromatic carbocycles. The number of amides is 1. The molecule has 122 valence electrons. The lowest BCUT2D eigenvalue weighted by atomic mass is 10.1. The van der Waals surface area contributed by atoms with Crippen LogP contribution in [0.15, 0.2) is 28.7 Å². The Hall–Kier alpha value is -2.22.